The van der Waals surface area contributed by atoms with Gasteiger partial charge in [0, 0.05) is 19.6 Å². The SMILES string of the molecule is NCCOCCOCCN1CC(C(=O)NCCCc2ccc(Cl)c(Cl)c2)=C(O)C1=O.O=C(O)C(F)(F)F. The number of nitrogens with two attached hydrogens (primary N) is 1. The first-order valence-electron chi connectivity index (χ1n) is 11.0. The van der Waals surface area contributed by atoms with Gasteiger partial charge in [0.15, 0.2) is 5.76 Å². The average molecular weight is 574 g/mol. The Labute approximate surface area is 221 Å². The molecule has 0 aliphatic carbocycles. The van der Waals surface area contributed by atoms with E-state index in [9.17, 15) is 27.9 Å². The Kier molecular flexibility index (Phi) is 14.3. The van der Waals surface area contributed by atoms with Gasteiger partial charge in [-0.05, 0) is 30.5 Å². The van der Waals surface area contributed by atoms with Gasteiger partial charge in [0.25, 0.3) is 11.8 Å². The van der Waals surface area contributed by atoms with E-state index in [-0.39, 0.29) is 25.3 Å². The molecule has 37 heavy (non-hydrogen) atoms. The van der Waals surface area contributed by atoms with Gasteiger partial charge in [-0.3, -0.25) is 9.59 Å². The Morgan fingerprint density at radius 2 is 1.73 bits per heavy atom. The molecular weight excluding hydrogens is 546 g/mol. The number of hydrogen-bond acceptors (Lipinski definition) is 7. The smallest absolute Gasteiger partial charge is 0.490 e. The summed E-state index contributed by atoms with van der Waals surface area (Å²) in [6, 6.07) is 5.40. The van der Waals surface area contributed by atoms with Crippen LogP contribution in [0.15, 0.2) is 29.5 Å². The number of carboxylic acids is 1. The first-order chi connectivity index (χ1) is 17.4. The number of ether oxygens (including phenoxy) is 2. The number of aliphatic hydroxyl groups is 1. The number of aliphatic carboxylic acids is 1. The molecule has 5 N–H and O–H groups in total. The number of alkyl halides is 3. The summed E-state index contributed by atoms with van der Waals surface area (Å²) in [7, 11) is 0. The lowest BCUT2D eigenvalue weighted by Crippen LogP contribution is -2.33. The number of amides is 2. The number of carbonyl (C=O) groups excluding carboxylic acids is 2. The number of halogens is 5. The highest BCUT2D eigenvalue weighted by Gasteiger charge is 2.38. The Bertz CT molecular complexity index is 962. The molecule has 1 heterocycles. The Balaban J connectivity index is 0.000000856. The second-order valence-corrected chi connectivity index (χ2v) is 8.29. The van der Waals surface area contributed by atoms with Crippen molar-refractivity contribution in [2.75, 3.05) is 52.6 Å². The lowest BCUT2D eigenvalue weighted by Gasteiger charge is -2.16. The third kappa shape index (κ3) is 12.0. The molecule has 0 aromatic heterocycles. The van der Waals surface area contributed by atoms with E-state index in [1.165, 1.54) is 4.90 Å². The molecule has 0 unspecified atom stereocenters. The van der Waals surface area contributed by atoms with Gasteiger partial charge in [0.05, 0.1) is 48.6 Å². The van der Waals surface area contributed by atoms with Gasteiger partial charge < -0.3 is 35.6 Å². The van der Waals surface area contributed by atoms with Crippen LogP contribution in [-0.2, 0) is 30.3 Å². The van der Waals surface area contributed by atoms with Gasteiger partial charge in [-0.15, -0.1) is 0 Å². The molecule has 2 amide bonds. The minimum absolute atomic E-state index is 0.0519. The highest BCUT2D eigenvalue weighted by Crippen LogP contribution is 2.23. The third-order valence-electron chi connectivity index (χ3n) is 4.69. The number of rotatable bonds is 13. The highest BCUT2D eigenvalue weighted by molar-refractivity contribution is 6.42. The molecule has 0 spiro atoms. The molecule has 0 atom stereocenters. The molecule has 208 valence electrons. The minimum Gasteiger partial charge on any atom is -0.503 e. The van der Waals surface area contributed by atoms with E-state index in [4.69, 9.17) is 48.3 Å². The van der Waals surface area contributed by atoms with Gasteiger partial charge in [-0.1, -0.05) is 29.3 Å². The Hall–Kier alpha value is -2.58. The number of benzene rings is 1. The summed E-state index contributed by atoms with van der Waals surface area (Å²) < 4.78 is 42.3. The summed E-state index contributed by atoms with van der Waals surface area (Å²) >= 11 is 11.9. The highest BCUT2D eigenvalue weighted by atomic mass is 35.5. The fraction of sp³-hybridized carbons (Fsp3) is 0.500. The van der Waals surface area contributed by atoms with Crippen LogP contribution in [-0.4, -0.2) is 91.7 Å². The van der Waals surface area contributed by atoms with Crippen molar-refractivity contribution in [3.05, 3.63) is 45.1 Å². The predicted octanol–water partition coefficient (Wildman–Crippen LogP) is 2.32. The molecule has 0 radical (unpaired) electrons. The molecule has 10 nitrogen and oxygen atoms in total. The molecule has 0 saturated carbocycles. The fourth-order valence-corrected chi connectivity index (χ4v) is 3.17. The number of nitrogens with one attached hydrogen (secondary N) is 1. The van der Waals surface area contributed by atoms with Gasteiger partial charge in [-0.2, -0.15) is 13.2 Å². The lowest BCUT2D eigenvalue weighted by molar-refractivity contribution is -0.192. The summed E-state index contributed by atoms with van der Waals surface area (Å²) in [5.41, 5.74) is 6.39. The maximum atomic E-state index is 12.3. The summed E-state index contributed by atoms with van der Waals surface area (Å²) in [5, 5.41) is 20.9. The van der Waals surface area contributed by atoms with Gasteiger partial charge >= 0.3 is 12.1 Å². The maximum Gasteiger partial charge on any atom is 0.490 e. The standard InChI is InChI=1S/C20H27Cl2N3O5.C2HF3O2/c21-16-4-3-14(12-17(16)22)2-1-6-24-19(27)15-13-25(20(28)18(15)26)7-9-30-11-10-29-8-5-23;3-2(4,5)1(6)7/h3-4,12,26H,1-2,5-11,13,23H2,(H,24,27);(H,6,7). The summed E-state index contributed by atoms with van der Waals surface area (Å²) in [6.45, 7) is 2.73. The number of nitrogens with zero attached hydrogens (tertiary/aromatic N) is 1. The number of carboxylic acid groups (broad SMARTS) is 1. The van der Waals surface area contributed by atoms with Crippen molar-refractivity contribution in [3.8, 4) is 0 Å². The summed E-state index contributed by atoms with van der Waals surface area (Å²) in [6.07, 6.45) is -3.70. The molecule has 1 aromatic carbocycles. The average Bonchev–Trinajstić information content (AvgIpc) is 3.12. The van der Waals surface area contributed by atoms with Crippen LogP contribution < -0.4 is 11.1 Å². The van der Waals surface area contributed by atoms with Crippen LogP contribution in [0.5, 0.6) is 0 Å². The van der Waals surface area contributed by atoms with Crippen molar-refractivity contribution in [1.29, 1.82) is 0 Å². The van der Waals surface area contributed by atoms with Gasteiger partial charge in [-0.25, -0.2) is 4.79 Å². The quantitative estimate of drug-likeness (QED) is 0.262. The topological polar surface area (TPSA) is 151 Å². The normalized spacial score (nSPS) is 13.5. The van der Waals surface area contributed by atoms with Crippen molar-refractivity contribution in [2.24, 2.45) is 5.73 Å². The summed E-state index contributed by atoms with van der Waals surface area (Å²) in [5.74, 6) is -4.29. The summed E-state index contributed by atoms with van der Waals surface area (Å²) in [4.78, 5) is 34.7. The second kappa shape index (κ2) is 16.3. The zero-order valence-corrected chi connectivity index (χ0v) is 21.2. The predicted molar refractivity (Wildman–Crippen MR) is 128 cm³/mol. The largest absolute Gasteiger partial charge is 0.503 e. The molecule has 1 aliphatic heterocycles. The van der Waals surface area contributed by atoms with Crippen molar-refractivity contribution >= 4 is 41.0 Å². The van der Waals surface area contributed by atoms with Crippen LogP contribution in [0.25, 0.3) is 0 Å². The Morgan fingerprint density at radius 3 is 2.30 bits per heavy atom. The molecule has 2 rings (SSSR count). The lowest BCUT2D eigenvalue weighted by atomic mass is 10.1. The molecule has 0 fully saturated rings. The van der Waals surface area contributed by atoms with Gasteiger partial charge in [0.1, 0.15) is 0 Å². The maximum absolute atomic E-state index is 12.3. The van der Waals surface area contributed by atoms with Crippen molar-refractivity contribution in [1.82, 2.24) is 10.2 Å². The van der Waals surface area contributed by atoms with E-state index in [0.29, 0.717) is 55.8 Å². The van der Waals surface area contributed by atoms with E-state index in [0.717, 1.165) is 5.56 Å². The van der Waals surface area contributed by atoms with Crippen molar-refractivity contribution in [3.63, 3.8) is 0 Å². The molecular formula is C22H28Cl2F3N3O7. The van der Waals surface area contributed by atoms with Crippen LogP contribution >= 0.6 is 23.2 Å². The van der Waals surface area contributed by atoms with Crippen molar-refractivity contribution in [2.45, 2.75) is 19.0 Å². The number of carbonyl (C=O) groups is 3. The number of aryl methyl sites for hydroxylation is 1. The first-order valence-corrected chi connectivity index (χ1v) is 11.7. The van der Waals surface area contributed by atoms with E-state index in [1.54, 1.807) is 12.1 Å². The van der Waals surface area contributed by atoms with Crippen LogP contribution in [0, 0.1) is 0 Å². The zero-order valence-electron chi connectivity index (χ0n) is 19.7. The molecule has 1 aromatic rings. The van der Waals surface area contributed by atoms with Crippen LogP contribution in [0.4, 0.5) is 13.2 Å². The van der Waals surface area contributed by atoms with E-state index >= 15 is 0 Å². The van der Waals surface area contributed by atoms with Crippen molar-refractivity contribution < 1.29 is 47.2 Å². The van der Waals surface area contributed by atoms with Crippen LogP contribution in [0.2, 0.25) is 10.0 Å². The number of hydrogen-bond donors (Lipinski definition) is 4. The Morgan fingerprint density at radius 1 is 1.11 bits per heavy atom. The number of aliphatic hydroxyl groups excluding tert-OH is 1. The molecule has 1 aliphatic rings. The van der Waals surface area contributed by atoms with E-state index < -0.39 is 29.7 Å². The zero-order chi connectivity index (χ0) is 28.0. The molecule has 0 saturated heterocycles. The van der Waals surface area contributed by atoms with Crippen LogP contribution in [0.3, 0.4) is 0 Å². The van der Waals surface area contributed by atoms with E-state index in [2.05, 4.69) is 5.32 Å². The van der Waals surface area contributed by atoms with E-state index in [1.807, 2.05) is 6.07 Å². The monoisotopic (exact) mass is 573 g/mol. The first kappa shape index (κ1) is 32.4. The minimum atomic E-state index is -5.08. The molecule has 15 heteroatoms. The third-order valence-corrected chi connectivity index (χ3v) is 5.43. The second-order valence-electron chi connectivity index (χ2n) is 7.48. The van der Waals surface area contributed by atoms with Crippen LogP contribution in [0.1, 0.15) is 12.0 Å². The molecule has 0 bridgehead atoms. The fourth-order valence-electron chi connectivity index (χ4n) is 2.85. The van der Waals surface area contributed by atoms with Gasteiger partial charge in [0.2, 0.25) is 0 Å².